The first-order valence-electron chi connectivity index (χ1n) is 4.57. The molecule has 0 radical (unpaired) electrons. The standard InChI is InChI=1S/C10H8BrNO2S/c1-5-9(14-4-12-5)6-2-13-7-3-15-10(11)8(6)7/h3-4,6H,2H2,1H3. The molecule has 0 spiro atoms. The summed E-state index contributed by atoms with van der Waals surface area (Å²) in [5.74, 6) is 2.06. The van der Waals surface area contributed by atoms with E-state index in [0.717, 1.165) is 21.0 Å². The highest BCUT2D eigenvalue weighted by Gasteiger charge is 2.32. The summed E-state index contributed by atoms with van der Waals surface area (Å²) in [6, 6.07) is 0. The number of hydrogen-bond acceptors (Lipinski definition) is 4. The molecule has 0 N–H and O–H groups in total. The van der Waals surface area contributed by atoms with Gasteiger partial charge < -0.3 is 9.15 Å². The van der Waals surface area contributed by atoms with E-state index in [1.807, 2.05) is 12.3 Å². The van der Waals surface area contributed by atoms with Gasteiger partial charge >= 0.3 is 0 Å². The summed E-state index contributed by atoms with van der Waals surface area (Å²) in [6.07, 6.45) is 1.49. The van der Waals surface area contributed by atoms with Crippen LogP contribution in [0.5, 0.6) is 5.75 Å². The largest absolute Gasteiger partial charge is 0.491 e. The summed E-state index contributed by atoms with van der Waals surface area (Å²) in [5.41, 5.74) is 2.13. The van der Waals surface area contributed by atoms with E-state index in [4.69, 9.17) is 9.15 Å². The zero-order chi connectivity index (χ0) is 10.4. The van der Waals surface area contributed by atoms with Crippen LogP contribution in [-0.4, -0.2) is 11.6 Å². The van der Waals surface area contributed by atoms with Crippen molar-refractivity contribution in [2.24, 2.45) is 0 Å². The first-order chi connectivity index (χ1) is 7.27. The third kappa shape index (κ3) is 1.33. The van der Waals surface area contributed by atoms with E-state index in [-0.39, 0.29) is 5.92 Å². The van der Waals surface area contributed by atoms with Crippen LogP contribution in [0.1, 0.15) is 22.9 Å². The zero-order valence-corrected chi connectivity index (χ0v) is 10.4. The fourth-order valence-corrected chi connectivity index (χ4v) is 3.39. The van der Waals surface area contributed by atoms with E-state index in [1.165, 1.54) is 12.0 Å². The molecule has 0 fully saturated rings. The number of ether oxygens (including phenoxy) is 1. The van der Waals surface area contributed by atoms with E-state index >= 15 is 0 Å². The Labute approximate surface area is 99.2 Å². The molecule has 0 saturated heterocycles. The van der Waals surface area contributed by atoms with Crippen LogP contribution in [0.2, 0.25) is 0 Å². The van der Waals surface area contributed by atoms with Gasteiger partial charge in [-0.2, -0.15) is 0 Å². The monoisotopic (exact) mass is 285 g/mol. The Balaban J connectivity index is 2.11. The second-order valence-corrected chi connectivity index (χ2v) is 5.65. The van der Waals surface area contributed by atoms with Gasteiger partial charge in [-0.1, -0.05) is 0 Å². The number of rotatable bonds is 1. The number of oxazole rings is 1. The van der Waals surface area contributed by atoms with Gasteiger partial charge in [0, 0.05) is 10.9 Å². The van der Waals surface area contributed by atoms with Crippen molar-refractivity contribution in [2.75, 3.05) is 6.61 Å². The Morgan fingerprint density at radius 3 is 3.20 bits per heavy atom. The van der Waals surface area contributed by atoms with E-state index in [1.54, 1.807) is 11.3 Å². The van der Waals surface area contributed by atoms with Gasteiger partial charge in [0.1, 0.15) is 18.1 Å². The number of aryl methyl sites for hydroxylation is 1. The van der Waals surface area contributed by atoms with Gasteiger partial charge in [-0.25, -0.2) is 4.98 Å². The summed E-state index contributed by atoms with van der Waals surface area (Å²) in [7, 11) is 0. The number of aromatic nitrogens is 1. The second-order valence-electron chi connectivity index (χ2n) is 3.45. The molecule has 0 saturated carbocycles. The van der Waals surface area contributed by atoms with Crippen molar-refractivity contribution in [2.45, 2.75) is 12.8 Å². The fourth-order valence-electron chi connectivity index (χ4n) is 1.86. The maximum absolute atomic E-state index is 5.60. The molecule has 1 aliphatic heterocycles. The van der Waals surface area contributed by atoms with E-state index in [2.05, 4.69) is 20.9 Å². The molecule has 2 aromatic heterocycles. The average Bonchev–Trinajstić information content (AvgIpc) is 2.85. The van der Waals surface area contributed by atoms with Crippen molar-refractivity contribution in [3.63, 3.8) is 0 Å². The lowest BCUT2D eigenvalue weighted by Gasteiger charge is -2.05. The normalized spacial score (nSPS) is 18.9. The second kappa shape index (κ2) is 3.35. The predicted octanol–water partition coefficient (Wildman–Crippen LogP) is 3.33. The SMILES string of the molecule is Cc1ncoc1C1COc2csc(Br)c21. The lowest BCUT2D eigenvalue weighted by molar-refractivity contribution is 0.327. The zero-order valence-electron chi connectivity index (χ0n) is 7.99. The number of thiophene rings is 1. The molecule has 15 heavy (non-hydrogen) atoms. The Hall–Kier alpha value is -0.810. The minimum atomic E-state index is 0.183. The minimum absolute atomic E-state index is 0.183. The van der Waals surface area contributed by atoms with Gasteiger partial charge in [0.25, 0.3) is 0 Å². The quantitative estimate of drug-likeness (QED) is 0.806. The molecular formula is C10H8BrNO2S. The van der Waals surface area contributed by atoms with E-state index in [0.29, 0.717) is 6.61 Å². The number of fused-ring (bicyclic) bond motifs is 1. The fraction of sp³-hybridized carbons (Fsp3) is 0.300. The number of halogens is 1. The Bertz CT molecular complexity index is 505. The summed E-state index contributed by atoms with van der Waals surface area (Å²) in [6.45, 7) is 2.60. The maximum atomic E-state index is 5.60. The van der Waals surface area contributed by atoms with Crippen LogP contribution in [-0.2, 0) is 0 Å². The van der Waals surface area contributed by atoms with Crippen molar-refractivity contribution >= 4 is 27.3 Å². The summed E-state index contributed by atoms with van der Waals surface area (Å²) in [5, 5.41) is 2.02. The van der Waals surface area contributed by atoms with Gasteiger partial charge in [0.15, 0.2) is 6.39 Å². The highest BCUT2D eigenvalue weighted by Crippen LogP contribution is 2.46. The molecule has 0 aromatic carbocycles. The summed E-state index contributed by atoms with van der Waals surface area (Å²) >= 11 is 5.19. The molecule has 0 amide bonds. The third-order valence-electron chi connectivity index (χ3n) is 2.60. The van der Waals surface area contributed by atoms with Crippen LogP contribution < -0.4 is 4.74 Å². The van der Waals surface area contributed by atoms with Crippen molar-refractivity contribution in [3.05, 3.63) is 32.6 Å². The Kier molecular flexibility index (Phi) is 2.10. The molecule has 3 heterocycles. The molecule has 5 heteroatoms. The maximum Gasteiger partial charge on any atom is 0.181 e. The molecule has 1 unspecified atom stereocenters. The number of nitrogens with zero attached hydrogens (tertiary/aromatic N) is 1. The third-order valence-corrected chi connectivity index (χ3v) is 4.35. The molecule has 2 aromatic rings. The van der Waals surface area contributed by atoms with Gasteiger partial charge in [0.05, 0.1) is 15.4 Å². The molecule has 3 nitrogen and oxygen atoms in total. The minimum Gasteiger partial charge on any atom is -0.491 e. The lowest BCUT2D eigenvalue weighted by atomic mass is 10.0. The topological polar surface area (TPSA) is 35.3 Å². The van der Waals surface area contributed by atoms with Crippen molar-refractivity contribution in [3.8, 4) is 5.75 Å². The van der Waals surface area contributed by atoms with Crippen LogP contribution in [0.15, 0.2) is 20.0 Å². The molecule has 0 bridgehead atoms. The van der Waals surface area contributed by atoms with E-state index in [9.17, 15) is 0 Å². The van der Waals surface area contributed by atoms with Crippen molar-refractivity contribution < 1.29 is 9.15 Å². The summed E-state index contributed by atoms with van der Waals surface area (Å²) in [4.78, 5) is 4.11. The van der Waals surface area contributed by atoms with Gasteiger partial charge in [-0.3, -0.25) is 0 Å². The molecule has 3 rings (SSSR count). The highest BCUT2D eigenvalue weighted by atomic mass is 79.9. The van der Waals surface area contributed by atoms with Gasteiger partial charge in [-0.05, 0) is 22.9 Å². The Morgan fingerprint density at radius 2 is 2.47 bits per heavy atom. The number of hydrogen-bond donors (Lipinski definition) is 0. The molecule has 0 aliphatic carbocycles. The van der Waals surface area contributed by atoms with Crippen LogP contribution >= 0.6 is 27.3 Å². The van der Waals surface area contributed by atoms with Crippen LogP contribution in [0.3, 0.4) is 0 Å². The van der Waals surface area contributed by atoms with Crippen LogP contribution in [0.25, 0.3) is 0 Å². The predicted molar refractivity (Wildman–Crippen MR) is 60.6 cm³/mol. The van der Waals surface area contributed by atoms with Gasteiger partial charge in [-0.15, -0.1) is 11.3 Å². The molecular weight excluding hydrogens is 278 g/mol. The first kappa shape index (κ1) is 9.42. The Morgan fingerprint density at radius 1 is 1.60 bits per heavy atom. The van der Waals surface area contributed by atoms with Crippen molar-refractivity contribution in [1.82, 2.24) is 4.98 Å². The van der Waals surface area contributed by atoms with E-state index < -0.39 is 0 Å². The first-order valence-corrected chi connectivity index (χ1v) is 6.24. The smallest absolute Gasteiger partial charge is 0.181 e. The van der Waals surface area contributed by atoms with Gasteiger partial charge in [0.2, 0.25) is 0 Å². The van der Waals surface area contributed by atoms with Crippen LogP contribution in [0.4, 0.5) is 0 Å². The highest BCUT2D eigenvalue weighted by molar-refractivity contribution is 9.11. The molecule has 1 atom stereocenters. The average molecular weight is 286 g/mol. The lowest BCUT2D eigenvalue weighted by Crippen LogP contribution is -2.03. The summed E-state index contributed by atoms with van der Waals surface area (Å²) < 4.78 is 12.1. The van der Waals surface area contributed by atoms with Crippen LogP contribution in [0, 0.1) is 6.92 Å². The molecule has 78 valence electrons. The van der Waals surface area contributed by atoms with Crippen molar-refractivity contribution in [1.29, 1.82) is 0 Å². The molecule has 1 aliphatic rings.